The lowest BCUT2D eigenvalue weighted by Gasteiger charge is -2.05. The fraction of sp³-hybridized carbons (Fsp3) is 0.286. The summed E-state index contributed by atoms with van der Waals surface area (Å²) in [5, 5.41) is 18.4. The molecular formula is C14H14N4O4S. The van der Waals surface area contributed by atoms with Gasteiger partial charge in [-0.1, -0.05) is 0 Å². The fourth-order valence-electron chi connectivity index (χ4n) is 2.20. The molecule has 0 saturated heterocycles. The van der Waals surface area contributed by atoms with E-state index in [9.17, 15) is 4.79 Å². The fourth-order valence-corrected chi connectivity index (χ4v) is 3.08. The van der Waals surface area contributed by atoms with E-state index in [-0.39, 0.29) is 4.88 Å². The zero-order valence-electron chi connectivity index (χ0n) is 12.7. The molecule has 2 heterocycles. The van der Waals surface area contributed by atoms with Crippen molar-refractivity contribution in [1.82, 2.24) is 20.0 Å². The third kappa shape index (κ3) is 2.82. The van der Waals surface area contributed by atoms with Crippen LogP contribution < -0.4 is 9.47 Å². The first-order valence-electron chi connectivity index (χ1n) is 6.68. The van der Waals surface area contributed by atoms with Gasteiger partial charge in [-0.05, 0) is 6.92 Å². The Kier molecular flexibility index (Phi) is 3.87. The molecule has 8 nitrogen and oxygen atoms in total. The number of carbonyl (C=O) groups is 1. The van der Waals surface area contributed by atoms with Gasteiger partial charge < -0.3 is 14.6 Å². The normalized spacial score (nSPS) is 10.9. The molecule has 0 unspecified atom stereocenters. The van der Waals surface area contributed by atoms with Gasteiger partial charge in [0.05, 0.1) is 19.9 Å². The number of hydrogen-bond acceptors (Lipinski definition) is 7. The standard InChI is InChI=1S/C14H14N4O4S/c1-7-13(14(19)20)23-12(15-7)6-18-16-8-4-10(21-2)11(22-3)5-9(8)17-18/h4-5H,6H2,1-3H3,(H,19,20). The van der Waals surface area contributed by atoms with Crippen molar-refractivity contribution in [2.45, 2.75) is 13.5 Å². The van der Waals surface area contributed by atoms with Gasteiger partial charge in [0.15, 0.2) is 11.5 Å². The number of aromatic nitrogens is 4. The van der Waals surface area contributed by atoms with Crippen molar-refractivity contribution < 1.29 is 19.4 Å². The molecule has 0 spiro atoms. The second kappa shape index (κ2) is 5.84. The van der Waals surface area contributed by atoms with E-state index in [2.05, 4.69) is 15.2 Å². The van der Waals surface area contributed by atoms with Crippen LogP contribution in [0.3, 0.4) is 0 Å². The van der Waals surface area contributed by atoms with Crippen LogP contribution in [0.2, 0.25) is 0 Å². The lowest BCUT2D eigenvalue weighted by Crippen LogP contribution is -2.03. The average molecular weight is 334 g/mol. The minimum absolute atomic E-state index is 0.236. The van der Waals surface area contributed by atoms with Crippen LogP contribution in [0, 0.1) is 6.92 Å². The molecule has 23 heavy (non-hydrogen) atoms. The molecule has 2 aromatic heterocycles. The van der Waals surface area contributed by atoms with Gasteiger partial charge in [0.25, 0.3) is 0 Å². The predicted octanol–water partition coefficient (Wildman–Crippen LogP) is 1.96. The molecule has 0 fully saturated rings. The summed E-state index contributed by atoms with van der Waals surface area (Å²) in [6, 6.07) is 3.49. The van der Waals surface area contributed by atoms with Crippen molar-refractivity contribution in [2.24, 2.45) is 0 Å². The molecule has 0 radical (unpaired) electrons. The summed E-state index contributed by atoms with van der Waals surface area (Å²) in [5.74, 6) is 0.176. The Bertz CT molecular complexity index is 845. The molecule has 3 aromatic rings. The number of aryl methyl sites for hydroxylation is 1. The molecule has 3 rings (SSSR count). The highest BCUT2D eigenvalue weighted by Gasteiger charge is 2.16. The molecule has 9 heteroatoms. The lowest BCUT2D eigenvalue weighted by molar-refractivity contribution is 0.0701. The number of nitrogens with zero attached hydrogens (tertiary/aromatic N) is 4. The number of hydrogen-bond donors (Lipinski definition) is 1. The van der Waals surface area contributed by atoms with Gasteiger partial charge >= 0.3 is 5.97 Å². The number of carboxylic acids is 1. The Balaban J connectivity index is 1.94. The van der Waals surface area contributed by atoms with Gasteiger partial charge in [0, 0.05) is 12.1 Å². The van der Waals surface area contributed by atoms with E-state index in [1.807, 2.05) is 0 Å². The van der Waals surface area contributed by atoms with Crippen LogP contribution in [0.15, 0.2) is 12.1 Å². The van der Waals surface area contributed by atoms with Crippen LogP contribution in [-0.2, 0) is 6.54 Å². The highest BCUT2D eigenvalue weighted by atomic mass is 32.1. The topological polar surface area (TPSA) is 99.4 Å². The quantitative estimate of drug-likeness (QED) is 0.761. The summed E-state index contributed by atoms with van der Waals surface area (Å²) in [7, 11) is 3.11. The van der Waals surface area contributed by atoms with E-state index in [0.717, 1.165) is 11.3 Å². The Labute approximate surface area is 135 Å². The molecular weight excluding hydrogens is 320 g/mol. The van der Waals surface area contributed by atoms with Crippen LogP contribution in [0.1, 0.15) is 20.4 Å². The zero-order chi connectivity index (χ0) is 16.6. The van der Waals surface area contributed by atoms with E-state index in [0.29, 0.717) is 39.8 Å². The summed E-state index contributed by atoms with van der Waals surface area (Å²) >= 11 is 1.13. The molecule has 1 aromatic carbocycles. The number of ether oxygens (including phenoxy) is 2. The molecule has 0 saturated carbocycles. The van der Waals surface area contributed by atoms with Gasteiger partial charge in [-0.2, -0.15) is 15.0 Å². The van der Waals surface area contributed by atoms with Gasteiger partial charge in [-0.25, -0.2) is 9.78 Å². The Morgan fingerprint density at radius 1 is 1.22 bits per heavy atom. The molecule has 0 aliphatic rings. The Hall–Kier alpha value is -2.68. The van der Waals surface area contributed by atoms with Crippen molar-refractivity contribution in [1.29, 1.82) is 0 Å². The first-order valence-corrected chi connectivity index (χ1v) is 7.50. The van der Waals surface area contributed by atoms with E-state index >= 15 is 0 Å². The van der Waals surface area contributed by atoms with Crippen LogP contribution in [0.4, 0.5) is 0 Å². The number of carboxylic acid groups (broad SMARTS) is 1. The van der Waals surface area contributed by atoms with Crippen molar-refractivity contribution in [2.75, 3.05) is 14.2 Å². The summed E-state index contributed by atoms with van der Waals surface area (Å²) in [6.45, 7) is 1.98. The summed E-state index contributed by atoms with van der Waals surface area (Å²) in [5.41, 5.74) is 1.82. The second-order valence-electron chi connectivity index (χ2n) is 4.75. The Morgan fingerprint density at radius 3 is 2.22 bits per heavy atom. The smallest absolute Gasteiger partial charge is 0.347 e. The minimum atomic E-state index is -0.973. The molecule has 0 aliphatic heterocycles. The lowest BCUT2D eigenvalue weighted by atomic mass is 10.3. The van der Waals surface area contributed by atoms with Crippen LogP contribution in [0.5, 0.6) is 11.5 Å². The summed E-state index contributed by atoms with van der Waals surface area (Å²) in [4.78, 5) is 17.0. The van der Waals surface area contributed by atoms with Gasteiger partial charge in [-0.3, -0.25) is 0 Å². The minimum Gasteiger partial charge on any atom is -0.493 e. The zero-order valence-corrected chi connectivity index (χ0v) is 13.5. The number of fused-ring (bicyclic) bond motifs is 1. The predicted molar refractivity (Wildman–Crippen MR) is 83.5 cm³/mol. The molecule has 1 N–H and O–H groups in total. The van der Waals surface area contributed by atoms with Crippen molar-refractivity contribution >= 4 is 28.3 Å². The highest BCUT2D eigenvalue weighted by Crippen LogP contribution is 2.30. The van der Waals surface area contributed by atoms with E-state index in [1.165, 1.54) is 4.80 Å². The molecule has 0 amide bonds. The molecule has 0 atom stereocenters. The first kappa shape index (κ1) is 15.2. The second-order valence-corrected chi connectivity index (χ2v) is 5.84. The maximum Gasteiger partial charge on any atom is 0.347 e. The molecule has 120 valence electrons. The molecule has 0 bridgehead atoms. The maximum absolute atomic E-state index is 11.1. The van der Waals surface area contributed by atoms with Crippen molar-refractivity contribution in [3.05, 3.63) is 27.7 Å². The third-order valence-electron chi connectivity index (χ3n) is 3.24. The number of aromatic carboxylic acids is 1. The largest absolute Gasteiger partial charge is 0.493 e. The highest BCUT2D eigenvalue weighted by molar-refractivity contribution is 7.13. The number of methoxy groups -OCH3 is 2. The van der Waals surface area contributed by atoms with Gasteiger partial charge in [0.2, 0.25) is 0 Å². The monoisotopic (exact) mass is 334 g/mol. The van der Waals surface area contributed by atoms with Gasteiger partial charge in [0.1, 0.15) is 27.5 Å². The van der Waals surface area contributed by atoms with Crippen LogP contribution >= 0.6 is 11.3 Å². The van der Waals surface area contributed by atoms with Crippen LogP contribution in [-0.4, -0.2) is 45.3 Å². The molecule has 0 aliphatic carbocycles. The first-order chi connectivity index (χ1) is 11.0. The third-order valence-corrected chi connectivity index (χ3v) is 4.37. The van der Waals surface area contributed by atoms with Crippen LogP contribution in [0.25, 0.3) is 11.0 Å². The SMILES string of the molecule is COc1cc2nn(Cc3nc(C)c(C(=O)O)s3)nc2cc1OC. The van der Waals surface area contributed by atoms with E-state index < -0.39 is 5.97 Å². The number of rotatable bonds is 5. The van der Waals surface area contributed by atoms with Crippen molar-refractivity contribution in [3.8, 4) is 11.5 Å². The van der Waals surface area contributed by atoms with Gasteiger partial charge in [-0.15, -0.1) is 11.3 Å². The number of thiazole rings is 1. The number of benzene rings is 1. The maximum atomic E-state index is 11.1. The average Bonchev–Trinajstić information content (AvgIpc) is 3.08. The Morgan fingerprint density at radius 2 is 1.78 bits per heavy atom. The summed E-state index contributed by atoms with van der Waals surface area (Å²) < 4.78 is 10.5. The summed E-state index contributed by atoms with van der Waals surface area (Å²) in [6.07, 6.45) is 0. The van der Waals surface area contributed by atoms with E-state index in [4.69, 9.17) is 14.6 Å². The van der Waals surface area contributed by atoms with Crippen molar-refractivity contribution in [3.63, 3.8) is 0 Å². The van der Waals surface area contributed by atoms with E-state index in [1.54, 1.807) is 33.3 Å².